The highest BCUT2D eigenvalue weighted by Gasteiger charge is 2.24. The Hall–Kier alpha value is -2.81. The van der Waals surface area contributed by atoms with Crippen LogP contribution in [0.3, 0.4) is 0 Å². The van der Waals surface area contributed by atoms with E-state index in [2.05, 4.69) is 48.3 Å². The summed E-state index contributed by atoms with van der Waals surface area (Å²) in [6.45, 7) is 3.14. The SMILES string of the molecule is Cc1ccc(-c2c3c(cc4ccc5c(c24)OCO5)CN=C3)cc1. The molecule has 3 aromatic carbocycles. The Balaban J connectivity index is 1.93. The third-order valence-corrected chi connectivity index (χ3v) is 4.59. The zero-order valence-electron chi connectivity index (χ0n) is 12.8. The standard InChI is InChI=1S/C20H15NO2/c1-12-2-4-13(5-3-12)18-16-10-21-9-15(16)8-14-6-7-17-20(19(14)18)23-11-22-17/h2-8,10H,9,11H2,1H3. The number of ether oxygens (including phenoxy) is 2. The van der Waals surface area contributed by atoms with E-state index in [1.165, 1.54) is 33.2 Å². The molecule has 2 aliphatic heterocycles. The number of fused-ring (bicyclic) bond motifs is 4. The van der Waals surface area contributed by atoms with E-state index >= 15 is 0 Å². The molecule has 0 atom stereocenters. The maximum atomic E-state index is 5.79. The van der Waals surface area contributed by atoms with Crippen LogP contribution in [-0.2, 0) is 6.54 Å². The van der Waals surface area contributed by atoms with Crippen molar-refractivity contribution in [2.75, 3.05) is 6.79 Å². The zero-order valence-corrected chi connectivity index (χ0v) is 12.8. The summed E-state index contributed by atoms with van der Waals surface area (Å²) in [6.07, 6.45) is 1.99. The van der Waals surface area contributed by atoms with Crippen LogP contribution in [0.5, 0.6) is 11.5 Å². The van der Waals surface area contributed by atoms with Crippen LogP contribution in [-0.4, -0.2) is 13.0 Å². The van der Waals surface area contributed by atoms with Gasteiger partial charge in [0, 0.05) is 22.7 Å². The predicted octanol–water partition coefficient (Wildman–Crippen LogP) is 4.48. The second-order valence-electron chi connectivity index (χ2n) is 6.06. The molecule has 0 bridgehead atoms. The third kappa shape index (κ3) is 1.80. The van der Waals surface area contributed by atoms with E-state index in [4.69, 9.17) is 9.47 Å². The highest BCUT2D eigenvalue weighted by atomic mass is 16.7. The summed E-state index contributed by atoms with van der Waals surface area (Å²) in [7, 11) is 0. The minimum Gasteiger partial charge on any atom is -0.454 e. The summed E-state index contributed by atoms with van der Waals surface area (Å²) in [6, 6.07) is 15.0. The van der Waals surface area contributed by atoms with E-state index in [1.807, 2.05) is 12.3 Å². The van der Waals surface area contributed by atoms with Gasteiger partial charge in [-0.25, -0.2) is 0 Å². The molecule has 0 saturated carbocycles. The summed E-state index contributed by atoms with van der Waals surface area (Å²) >= 11 is 0. The average molecular weight is 301 g/mol. The lowest BCUT2D eigenvalue weighted by Gasteiger charge is -2.14. The van der Waals surface area contributed by atoms with Crippen molar-refractivity contribution in [3.8, 4) is 22.6 Å². The number of hydrogen-bond acceptors (Lipinski definition) is 3. The lowest BCUT2D eigenvalue weighted by molar-refractivity contribution is 0.175. The van der Waals surface area contributed by atoms with Crippen molar-refractivity contribution in [2.45, 2.75) is 13.5 Å². The molecule has 2 aliphatic rings. The van der Waals surface area contributed by atoms with Gasteiger partial charge in [0.1, 0.15) is 0 Å². The fraction of sp³-hybridized carbons (Fsp3) is 0.150. The number of hydrogen-bond donors (Lipinski definition) is 0. The molecule has 2 heterocycles. The minimum atomic E-state index is 0.285. The van der Waals surface area contributed by atoms with Crippen LogP contribution in [0.15, 0.2) is 47.5 Å². The van der Waals surface area contributed by atoms with Crippen molar-refractivity contribution >= 4 is 17.0 Å². The second-order valence-corrected chi connectivity index (χ2v) is 6.06. The molecular formula is C20H15NO2. The van der Waals surface area contributed by atoms with Crippen molar-refractivity contribution in [3.05, 3.63) is 59.2 Å². The third-order valence-electron chi connectivity index (χ3n) is 4.59. The topological polar surface area (TPSA) is 30.8 Å². The van der Waals surface area contributed by atoms with Crippen molar-refractivity contribution in [3.63, 3.8) is 0 Å². The van der Waals surface area contributed by atoms with E-state index < -0.39 is 0 Å². The molecule has 0 unspecified atom stereocenters. The van der Waals surface area contributed by atoms with Crippen molar-refractivity contribution in [1.82, 2.24) is 0 Å². The maximum absolute atomic E-state index is 5.79. The molecule has 112 valence electrons. The number of nitrogens with zero attached hydrogens (tertiary/aromatic N) is 1. The maximum Gasteiger partial charge on any atom is 0.231 e. The van der Waals surface area contributed by atoms with Gasteiger partial charge in [0.05, 0.1) is 6.54 Å². The predicted molar refractivity (Wildman–Crippen MR) is 91.5 cm³/mol. The Kier molecular flexibility index (Phi) is 2.54. The quantitative estimate of drug-likeness (QED) is 0.663. The van der Waals surface area contributed by atoms with E-state index in [9.17, 15) is 0 Å². The van der Waals surface area contributed by atoms with Crippen molar-refractivity contribution < 1.29 is 9.47 Å². The molecule has 3 heteroatoms. The molecule has 5 rings (SSSR count). The van der Waals surface area contributed by atoms with Crippen LogP contribution >= 0.6 is 0 Å². The van der Waals surface area contributed by atoms with Gasteiger partial charge < -0.3 is 9.47 Å². The lowest BCUT2D eigenvalue weighted by atomic mass is 9.90. The largest absolute Gasteiger partial charge is 0.454 e. The minimum absolute atomic E-state index is 0.285. The molecule has 0 fully saturated rings. The van der Waals surface area contributed by atoms with Crippen LogP contribution < -0.4 is 9.47 Å². The zero-order chi connectivity index (χ0) is 15.4. The highest BCUT2D eigenvalue weighted by molar-refractivity contribution is 6.10. The van der Waals surface area contributed by atoms with Crippen LogP contribution in [0.2, 0.25) is 0 Å². The van der Waals surface area contributed by atoms with Gasteiger partial charge in [-0.15, -0.1) is 0 Å². The van der Waals surface area contributed by atoms with E-state index in [0.29, 0.717) is 0 Å². The number of rotatable bonds is 1. The van der Waals surface area contributed by atoms with E-state index in [1.54, 1.807) is 0 Å². The molecule has 23 heavy (non-hydrogen) atoms. The molecule has 3 nitrogen and oxygen atoms in total. The summed E-state index contributed by atoms with van der Waals surface area (Å²) in [5, 5.41) is 2.30. The molecule has 0 spiro atoms. The Morgan fingerprint density at radius 3 is 2.74 bits per heavy atom. The van der Waals surface area contributed by atoms with E-state index in [-0.39, 0.29) is 6.79 Å². The van der Waals surface area contributed by atoms with Gasteiger partial charge >= 0.3 is 0 Å². The average Bonchev–Trinajstić information content (AvgIpc) is 3.22. The number of benzene rings is 3. The van der Waals surface area contributed by atoms with Crippen molar-refractivity contribution in [2.24, 2.45) is 4.99 Å². The van der Waals surface area contributed by atoms with Gasteiger partial charge in [0.15, 0.2) is 11.5 Å². The first-order chi connectivity index (χ1) is 11.3. The summed E-state index contributed by atoms with van der Waals surface area (Å²) in [5.74, 6) is 1.67. The summed E-state index contributed by atoms with van der Waals surface area (Å²) < 4.78 is 11.4. The van der Waals surface area contributed by atoms with Gasteiger partial charge in [-0.2, -0.15) is 0 Å². The Labute approximate surface area is 134 Å². The molecule has 0 saturated heterocycles. The fourth-order valence-corrected chi connectivity index (χ4v) is 3.46. The van der Waals surface area contributed by atoms with Gasteiger partial charge in [-0.3, -0.25) is 4.99 Å². The van der Waals surface area contributed by atoms with Crippen LogP contribution in [0.1, 0.15) is 16.7 Å². The van der Waals surface area contributed by atoms with Gasteiger partial charge in [0.2, 0.25) is 6.79 Å². The Morgan fingerprint density at radius 1 is 1.00 bits per heavy atom. The normalized spacial score (nSPS) is 14.5. The first kappa shape index (κ1) is 12.7. The second kappa shape index (κ2) is 4.59. The van der Waals surface area contributed by atoms with Crippen LogP contribution in [0.4, 0.5) is 0 Å². The smallest absolute Gasteiger partial charge is 0.231 e. The molecule has 0 radical (unpaired) electrons. The van der Waals surface area contributed by atoms with Gasteiger partial charge in [-0.05, 0) is 35.6 Å². The Bertz CT molecular complexity index is 971. The first-order valence-electron chi connectivity index (χ1n) is 7.76. The first-order valence-corrected chi connectivity index (χ1v) is 7.76. The monoisotopic (exact) mass is 301 g/mol. The van der Waals surface area contributed by atoms with Gasteiger partial charge in [0.25, 0.3) is 0 Å². The molecule has 3 aromatic rings. The Morgan fingerprint density at radius 2 is 1.87 bits per heavy atom. The highest BCUT2D eigenvalue weighted by Crippen LogP contribution is 2.46. The lowest BCUT2D eigenvalue weighted by Crippen LogP contribution is -1.95. The number of aliphatic imine (C=N–C) groups is 1. The molecule has 0 aliphatic carbocycles. The molecular weight excluding hydrogens is 286 g/mol. The van der Waals surface area contributed by atoms with Crippen molar-refractivity contribution in [1.29, 1.82) is 0 Å². The van der Waals surface area contributed by atoms with Crippen LogP contribution in [0.25, 0.3) is 21.9 Å². The molecule has 0 N–H and O–H groups in total. The van der Waals surface area contributed by atoms with Crippen LogP contribution in [0, 0.1) is 6.92 Å². The number of aryl methyl sites for hydroxylation is 1. The fourth-order valence-electron chi connectivity index (χ4n) is 3.46. The summed E-state index contributed by atoms with van der Waals surface area (Å²) in [4.78, 5) is 4.47. The van der Waals surface area contributed by atoms with E-state index in [0.717, 1.165) is 23.4 Å². The summed E-state index contributed by atoms with van der Waals surface area (Å²) in [5.41, 5.74) is 6.11. The molecule has 0 amide bonds. The molecule has 0 aromatic heterocycles. The van der Waals surface area contributed by atoms with Gasteiger partial charge in [-0.1, -0.05) is 35.9 Å².